The highest BCUT2D eigenvalue weighted by Gasteiger charge is 2.12. The molecule has 19 heavy (non-hydrogen) atoms. The fourth-order valence-electron chi connectivity index (χ4n) is 1.94. The van der Waals surface area contributed by atoms with Gasteiger partial charge in [0.05, 0.1) is 5.52 Å². The third-order valence-corrected chi connectivity index (χ3v) is 3.46. The Labute approximate surface area is 112 Å². The Hall–Kier alpha value is -1.84. The van der Waals surface area contributed by atoms with E-state index in [0.29, 0.717) is 11.3 Å². The highest BCUT2D eigenvalue weighted by Crippen LogP contribution is 2.18. The van der Waals surface area contributed by atoms with Gasteiger partial charge in [-0.05, 0) is 31.0 Å². The summed E-state index contributed by atoms with van der Waals surface area (Å²) in [6.07, 6.45) is 1.74. The summed E-state index contributed by atoms with van der Waals surface area (Å²) in [6, 6.07) is 6.73. The predicted octanol–water partition coefficient (Wildman–Crippen LogP) is 2.94. The van der Waals surface area contributed by atoms with Gasteiger partial charge in [0.15, 0.2) is 0 Å². The Morgan fingerprint density at radius 1 is 1.32 bits per heavy atom. The van der Waals surface area contributed by atoms with E-state index in [9.17, 15) is 9.18 Å². The predicted molar refractivity (Wildman–Crippen MR) is 74.3 cm³/mol. The largest absolute Gasteiger partial charge is 0.352 e. The molecule has 0 aliphatic rings. The molecule has 0 saturated heterocycles. The van der Waals surface area contributed by atoms with Crippen LogP contribution in [0.25, 0.3) is 10.9 Å². The summed E-state index contributed by atoms with van der Waals surface area (Å²) in [5.41, 5.74) is 0.743. The lowest BCUT2D eigenvalue weighted by Gasteiger charge is -2.17. The van der Waals surface area contributed by atoms with Crippen molar-refractivity contribution in [3.63, 3.8) is 0 Å². The van der Waals surface area contributed by atoms with Gasteiger partial charge in [-0.15, -0.1) is 0 Å². The molecular weight excluding hydrogens is 243 g/mol. The number of amides is 1. The standard InChI is InChI=1S/C15H19FN2O/c1-10(2)11(3)17-15(19)9-18-8-7-12-13(16)5-4-6-14(12)18/h4-8,10-11H,9H2,1-3H3,(H,17,19). The zero-order valence-electron chi connectivity index (χ0n) is 11.5. The minimum Gasteiger partial charge on any atom is -0.352 e. The fraction of sp³-hybridized carbons (Fsp3) is 0.400. The lowest BCUT2D eigenvalue weighted by Crippen LogP contribution is -2.38. The lowest BCUT2D eigenvalue weighted by atomic mass is 10.1. The van der Waals surface area contributed by atoms with Crippen LogP contribution in [0, 0.1) is 11.7 Å². The van der Waals surface area contributed by atoms with Crippen molar-refractivity contribution >= 4 is 16.8 Å². The van der Waals surface area contributed by atoms with E-state index in [4.69, 9.17) is 0 Å². The summed E-state index contributed by atoms with van der Waals surface area (Å²) in [5.74, 6) is 0.0815. The topological polar surface area (TPSA) is 34.0 Å². The van der Waals surface area contributed by atoms with Crippen molar-refractivity contribution in [3.05, 3.63) is 36.3 Å². The monoisotopic (exact) mass is 262 g/mol. The molecule has 0 radical (unpaired) electrons. The third-order valence-electron chi connectivity index (χ3n) is 3.46. The van der Waals surface area contributed by atoms with Gasteiger partial charge >= 0.3 is 0 Å². The van der Waals surface area contributed by atoms with Crippen LogP contribution in [0.4, 0.5) is 4.39 Å². The normalized spacial score (nSPS) is 12.9. The first-order chi connectivity index (χ1) is 8.99. The van der Waals surface area contributed by atoms with Crippen LogP contribution in [-0.4, -0.2) is 16.5 Å². The number of halogens is 1. The van der Waals surface area contributed by atoms with Gasteiger partial charge < -0.3 is 9.88 Å². The first kappa shape index (κ1) is 13.6. The van der Waals surface area contributed by atoms with Crippen molar-refractivity contribution in [1.82, 2.24) is 9.88 Å². The smallest absolute Gasteiger partial charge is 0.240 e. The lowest BCUT2D eigenvalue weighted by molar-refractivity contribution is -0.122. The van der Waals surface area contributed by atoms with Crippen LogP contribution >= 0.6 is 0 Å². The number of carbonyl (C=O) groups is 1. The van der Waals surface area contributed by atoms with E-state index in [1.165, 1.54) is 6.07 Å². The summed E-state index contributed by atoms with van der Waals surface area (Å²) >= 11 is 0. The maximum atomic E-state index is 13.5. The average Bonchev–Trinajstić information content (AvgIpc) is 2.73. The van der Waals surface area contributed by atoms with E-state index in [-0.39, 0.29) is 24.3 Å². The van der Waals surface area contributed by atoms with Gasteiger partial charge in [0.2, 0.25) is 5.91 Å². The van der Waals surface area contributed by atoms with Gasteiger partial charge in [0, 0.05) is 17.6 Å². The second kappa shape index (κ2) is 5.43. The van der Waals surface area contributed by atoms with E-state index < -0.39 is 0 Å². The van der Waals surface area contributed by atoms with Gasteiger partial charge in [-0.25, -0.2) is 4.39 Å². The first-order valence-corrected chi connectivity index (χ1v) is 6.51. The number of hydrogen-bond donors (Lipinski definition) is 1. The van der Waals surface area contributed by atoms with Gasteiger partial charge in [-0.2, -0.15) is 0 Å². The fourth-order valence-corrected chi connectivity index (χ4v) is 1.94. The molecule has 0 saturated carbocycles. The molecule has 0 bridgehead atoms. The van der Waals surface area contributed by atoms with E-state index in [1.54, 1.807) is 22.9 Å². The van der Waals surface area contributed by atoms with Gasteiger partial charge in [0.1, 0.15) is 12.4 Å². The Balaban J connectivity index is 2.14. The molecule has 3 nitrogen and oxygen atoms in total. The van der Waals surface area contributed by atoms with Gasteiger partial charge in [0.25, 0.3) is 0 Å². The van der Waals surface area contributed by atoms with Crippen LogP contribution in [0.2, 0.25) is 0 Å². The van der Waals surface area contributed by atoms with Crippen LogP contribution in [-0.2, 0) is 11.3 Å². The number of nitrogens with zero attached hydrogens (tertiary/aromatic N) is 1. The molecule has 1 atom stereocenters. The molecule has 1 unspecified atom stereocenters. The number of nitrogens with one attached hydrogen (secondary N) is 1. The summed E-state index contributed by atoms with van der Waals surface area (Å²) < 4.78 is 15.3. The van der Waals surface area contributed by atoms with Crippen molar-refractivity contribution in [3.8, 4) is 0 Å². The maximum Gasteiger partial charge on any atom is 0.240 e. The average molecular weight is 262 g/mol. The maximum absolute atomic E-state index is 13.5. The molecule has 4 heteroatoms. The molecule has 2 rings (SSSR count). The highest BCUT2D eigenvalue weighted by molar-refractivity contribution is 5.83. The molecule has 2 aromatic rings. The summed E-state index contributed by atoms with van der Waals surface area (Å²) in [5, 5.41) is 3.49. The molecule has 0 fully saturated rings. The summed E-state index contributed by atoms with van der Waals surface area (Å²) in [6.45, 7) is 6.32. The Morgan fingerprint density at radius 3 is 2.74 bits per heavy atom. The number of carbonyl (C=O) groups excluding carboxylic acids is 1. The molecular formula is C15H19FN2O. The van der Waals surface area contributed by atoms with Crippen molar-refractivity contribution < 1.29 is 9.18 Å². The van der Waals surface area contributed by atoms with Crippen molar-refractivity contribution in [2.24, 2.45) is 5.92 Å². The summed E-state index contributed by atoms with van der Waals surface area (Å²) in [4.78, 5) is 11.9. The zero-order chi connectivity index (χ0) is 14.0. The number of rotatable bonds is 4. The van der Waals surface area contributed by atoms with E-state index in [2.05, 4.69) is 19.2 Å². The third kappa shape index (κ3) is 2.95. The second-order valence-corrected chi connectivity index (χ2v) is 5.22. The molecule has 0 spiro atoms. The van der Waals surface area contributed by atoms with Crippen molar-refractivity contribution in [2.45, 2.75) is 33.4 Å². The minimum atomic E-state index is -0.257. The highest BCUT2D eigenvalue weighted by atomic mass is 19.1. The Morgan fingerprint density at radius 2 is 2.05 bits per heavy atom. The van der Waals surface area contributed by atoms with Gasteiger partial charge in [-0.1, -0.05) is 19.9 Å². The second-order valence-electron chi connectivity index (χ2n) is 5.22. The Bertz CT molecular complexity index is 589. The Kier molecular flexibility index (Phi) is 3.88. The van der Waals surface area contributed by atoms with Crippen LogP contribution < -0.4 is 5.32 Å². The minimum absolute atomic E-state index is 0.0528. The first-order valence-electron chi connectivity index (χ1n) is 6.51. The molecule has 1 N–H and O–H groups in total. The van der Waals surface area contributed by atoms with E-state index >= 15 is 0 Å². The quantitative estimate of drug-likeness (QED) is 0.903. The molecule has 1 amide bonds. The number of fused-ring (bicyclic) bond motifs is 1. The number of hydrogen-bond acceptors (Lipinski definition) is 1. The van der Waals surface area contributed by atoms with Crippen LogP contribution in [0.3, 0.4) is 0 Å². The number of benzene rings is 1. The SMILES string of the molecule is CC(C)C(C)NC(=O)Cn1ccc2c(F)cccc21. The molecule has 1 heterocycles. The molecule has 0 aliphatic heterocycles. The molecule has 102 valence electrons. The molecule has 0 aliphatic carbocycles. The van der Waals surface area contributed by atoms with Crippen molar-refractivity contribution in [1.29, 1.82) is 0 Å². The molecule has 1 aromatic heterocycles. The number of aromatic nitrogens is 1. The van der Waals surface area contributed by atoms with E-state index in [0.717, 1.165) is 5.52 Å². The summed E-state index contributed by atoms with van der Waals surface area (Å²) in [7, 11) is 0. The van der Waals surface area contributed by atoms with E-state index in [1.807, 2.05) is 13.0 Å². The molecule has 1 aromatic carbocycles. The zero-order valence-corrected chi connectivity index (χ0v) is 11.5. The van der Waals surface area contributed by atoms with Crippen LogP contribution in [0.15, 0.2) is 30.5 Å². The van der Waals surface area contributed by atoms with Crippen LogP contribution in [0.5, 0.6) is 0 Å². The van der Waals surface area contributed by atoms with Crippen molar-refractivity contribution in [2.75, 3.05) is 0 Å². The van der Waals surface area contributed by atoms with Gasteiger partial charge in [-0.3, -0.25) is 4.79 Å². The van der Waals surface area contributed by atoms with Crippen LogP contribution in [0.1, 0.15) is 20.8 Å².